The smallest absolute Gasteiger partial charge is 0.253 e. The number of rotatable bonds is 8. The van der Waals surface area contributed by atoms with Gasteiger partial charge < -0.3 is 26.2 Å². The summed E-state index contributed by atoms with van der Waals surface area (Å²) in [5, 5.41) is 15.0. The van der Waals surface area contributed by atoms with E-state index in [1.165, 1.54) is 0 Å². The zero-order valence-corrected chi connectivity index (χ0v) is 12.0. The van der Waals surface area contributed by atoms with E-state index < -0.39 is 0 Å². The van der Waals surface area contributed by atoms with Crippen LogP contribution in [0.5, 0.6) is 0 Å². The van der Waals surface area contributed by atoms with Gasteiger partial charge in [-0.1, -0.05) is 0 Å². The molecule has 1 aromatic carbocycles. The molecular formula is C14H23N3O3. The Kier molecular flexibility index (Phi) is 6.83. The first-order valence-corrected chi connectivity index (χ1v) is 6.66. The van der Waals surface area contributed by atoms with Crippen molar-refractivity contribution in [3.8, 4) is 0 Å². The van der Waals surface area contributed by atoms with Crippen LogP contribution < -0.4 is 16.4 Å². The van der Waals surface area contributed by atoms with E-state index in [2.05, 4.69) is 10.6 Å². The lowest BCUT2D eigenvalue weighted by atomic mass is 10.1. The Morgan fingerprint density at radius 2 is 2.25 bits per heavy atom. The van der Waals surface area contributed by atoms with Crippen molar-refractivity contribution in [1.29, 1.82) is 0 Å². The lowest BCUT2D eigenvalue weighted by Crippen LogP contribution is -2.29. The Morgan fingerprint density at radius 1 is 1.50 bits per heavy atom. The number of amides is 1. The molecule has 0 radical (unpaired) electrons. The standard InChI is InChI=1S/C14H23N3O3/c1-3-16-14(19)12-5-4-10(15)8-13(12)17-11(6-7-18)9-20-2/h4-5,8,11,17-18H,3,6-7,9,15H2,1-2H3,(H,16,19). The summed E-state index contributed by atoms with van der Waals surface area (Å²) >= 11 is 0. The van der Waals surface area contributed by atoms with Gasteiger partial charge >= 0.3 is 0 Å². The van der Waals surface area contributed by atoms with Gasteiger partial charge in [0.05, 0.1) is 18.2 Å². The maximum atomic E-state index is 12.0. The molecule has 20 heavy (non-hydrogen) atoms. The van der Waals surface area contributed by atoms with Crippen molar-refractivity contribution in [3.63, 3.8) is 0 Å². The number of carbonyl (C=O) groups is 1. The van der Waals surface area contributed by atoms with E-state index in [4.69, 9.17) is 15.6 Å². The van der Waals surface area contributed by atoms with Crippen LogP contribution >= 0.6 is 0 Å². The molecule has 0 aromatic heterocycles. The molecular weight excluding hydrogens is 258 g/mol. The summed E-state index contributed by atoms with van der Waals surface area (Å²) < 4.78 is 5.10. The topological polar surface area (TPSA) is 96.6 Å². The monoisotopic (exact) mass is 281 g/mol. The van der Waals surface area contributed by atoms with Crippen LogP contribution in [0.25, 0.3) is 0 Å². The van der Waals surface area contributed by atoms with Gasteiger partial charge in [-0.3, -0.25) is 4.79 Å². The zero-order chi connectivity index (χ0) is 15.0. The van der Waals surface area contributed by atoms with Crippen LogP contribution in [0.3, 0.4) is 0 Å². The largest absolute Gasteiger partial charge is 0.399 e. The molecule has 1 aromatic rings. The summed E-state index contributed by atoms with van der Waals surface area (Å²) in [4.78, 5) is 12.0. The van der Waals surface area contributed by atoms with E-state index in [-0.39, 0.29) is 18.6 Å². The second-order valence-electron chi connectivity index (χ2n) is 4.47. The quantitative estimate of drug-likeness (QED) is 0.529. The molecule has 0 bridgehead atoms. The molecule has 1 unspecified atom stereocenters. The number of hydrogen-bond donors (Lipinski definition) is 4. The summed E-state index contributed by atoms with van der Waals surface area (Å²) in [5.41, 5.74) is 7.52. The van der Waals surface area contributed by atoms with Crippen molar-refractivity contribution in [3.05, 3.63) is 23.8 Å². The molecule has 5 N–H and O–H groups in total. The van der Waals surface area contributed by atoms with Crippen molar-refractivity contribution in [2.24, 2.45) is 0 Å². The fourth-order valence-electron chi connectivity index (χ4n) is 1.91. The fraction of sp³-hybridized carbons (Fsp3) is 0.500. The van der Waals surface area contributed by atoms with Gasteiger partial charge in [0.1, 0.15) is 0 Å². The number of hydrogen-bond acceptors (Lipinski definition) is 5. The molecule has 0 aliphatic heterocycles. The predicted molar refractivity (Wildman–Crippen MR) is 79.9 cm³/mol. The Labute approximate surface area is 119 Å². The molecule has 1 rings (SSSR count). The van der Waals surface area contributed by atoms with Crippen LogP contribution in [-0.2, 0) is 4.74 Å². The first kappa shape index (κ1) is 16.3. The van der Waals surface area contributed by atoms with E-state index in [1.54, 1.807) is 25.3 Å². The lowest BCUT2D eigenvalue weighted by molar-refractivity contribution is 0.0956. The van der Waals surface area contributed by atoms with Crippen LogP contribution in [0.1, 0.15) is 23.7 Å². The molecule has 0 saturated heterocycles. The predicted octanol–water partition coefficient (Wildman–Crippen LogP) is 0.828. The van der Waals surface area contributed by atoms with Crippen molar-refractivity contribution in [2.75, 3.05) is 37.9 Å². The molecule has 1 atom stereocenters. The third-order valence-corrected chi connectivity index (χ3v) is 2.83. The normalized spacial score (nSPS) is 11.9. The van der Waals surface area contributed by atoms with Crippen LogP contribution in [0.15, 0.2) is 18.2 Å². The number of methoxy groups -OCH3 is 1. The van der Waals surface area contributed by atoms with E-state index >= 15 is 0 Å². The number of nitrogens with two attached hydrogens (primary N) is 1. The van der Waals surface area contributed by atoms with Crippen molar-refractivity contribution >= 4 is 17.3 Å². The van der Waals surface area contributed by atoms with Gasteiger partial charge in [0.2, 0.25) is 0 Å². The highest BCUT2D eigenvalue weighted by Gasteiger charge is 2.15. The van der Waals surface area contributed by atoms with Gasteiger partial charge in [-0.2, -0.15) is 0 Å². The van der Waals surface area contributed by atoms with Crippen molar-refractivity contribution in [1.82, 2.24) is 5.32 Å². The minimum Gasteiger partial charge on any atom is -0.399 e. The van der Waals surface area contributed by atoms with Gasteiger partial charge in [0.15, 0.2) is 0 Å². The van der Waals surface area contributed by atoms with Gasteiger partial charge in [-0.05, 0) is 31.5 Å². The third kappa shape index (κ3) is 4.71. The Balaban J connectivity index is 2.95. The van der Waals surface area contributed by atoms with Crippen LogP contribution in [0.4, 0.5) is 11.4 Å². The molecule has 0 saturated carbocycles. The summed E-state index contributed by atoms with van der Waals surface area (Å²) in [6, 6.07) is 5.00. The molecule has 0 aliphatic rings. The van der Waals surface area contributed by atoms with Crippen molar-refractivity contribution in [2.45, 2.75) is 19.4 Å². The fourth-order valence-corrected chi connectivity index (χ4v) is 1.91. The zero-order valence-electron chi connectivity index (χ0n) is 12.0. The third-order valence-electron chi connectivity index (χ3n) is 2.83. The van der Waals surface area contributed by atoms with Crippen molar-refractivity contribution < 1.29 is 14.6 Å². The van der Waals surface area contributed by atoms with Gasteiger partial charge in [-0.15, -0.1) is 0 Å². The summed E-state index contributed by atoms with van der Waals surface area (Å²) in [6.07, 6.45) is 0.525. The average Bonchev–Trinajstić information content (AvgIpc) is 2.39. The second kappa shape index (κ2) is 8.39. The maximum absolute atomic E-state index is 12.0. The summed E-state index contributed by atoms with van der Waals surface area (Å²) in [7, 11) is 1.59. The number of aliphatic hydroxyl groups is 1. The first-order chi connectivity index (χ1) is 9.62. The van der Waals surface area contributed by atoms with Gasteiger partial charge in [0.25, 0.3) is 5.91 Å². The van der Waals surface area contributed by atoms with Gasteiger partial charge in [0, 0.05) is 31.6 Å². The van der Waals surface area contributed by atoms with Crippen LogP contribution in [0, 0.1) is 0 Å². The highest BCUT2D eigenvalue weighted by molar-refractivity contribution is 6.00. The van der Waals surface area contributed by atoms with E-state index in [9.17, 15) is 4.79 Å². The minimum absolute atomic E-state index is 0.0415. The molecule has 0 aliphatic carbocycles. The molecule has 1 amide bonds. The summed E-state index contributed by atoms with van der Waals surface area (Å²) in [5.74, 6) is -0.157. The summed E-state index contributed by atoms with van der Waals surface area (Å²) in [6.45, 7) is 2.90. The van der Waals surface area contributed by atoms with Gasteiger partial charge in [-0.25, -0.2) is 0 Å². The Bertz CT molecular complexity index is 432. The number of carbonyl (C=O) groups excluding carboxylic acids is 1. The molecule has 0 heterocycles. The minimum atomic E-state index is -0.157. The highest BCUT2D eigenvalue weighted by Crippen LogP contribution is 2.21. The second-order valence-corrected chi connectivity index (χ2v) is 4.47. The number of nitrogens with one attached hydrogen (secondary N) is 2. The van der Waals surface area contributed by atoms with Crippen LogP contribution in [-0.4, -0.2) is 43.9 Å². The first-order valence-electron chi connectivity index (χ1n) is 6.66. The van der Waals surface area contributed by atoms with Crippen LogP contribution in [0.2, 0.25) is 0 Å². The van der Waals surface area contributed by atoms with E-state index in [0.29, 0.717) is 36.5 Å². The molecule has 112 valence electrons. The number of aliphatic hydroxyl groups excluding tert-OH is 1. The molecule has 6 heteroatoms. The SMILES string of the molecule is CCNC(=O)c1ccc(N)cc1NC(CCO)COC. The highest BCUT2D eigenvalue weighted by atomic mass is 16.5. The Morgan fingerprint density at radius 3 is 2.85 bits per heavy atom. The Hall–Kier alpha value is -1.79. The number of benzene rings is 1. The number of ether oxygens (including phenoxy) is 1. The van der Waals surface area contributed by atoms with E-state index in [0.717, 1.165) is 0 Å². The lowest BCUT2D eigenvalue weighted by Gasteiger charge is -2.20. The molecule has 0 spiro atoms. The maximum Gasteiger partial charge on any atom is 0.253 e. The molecule has 6 nitrogen and oxygen atoms in total. The number of nitrogen functional groups attached to an aromatic ring is 1. The number of anilines is 2. The van der Waals surface area contributed by atoms with E-state index in [1.807, 2.05) is 6.92 Å². The molecule has 0 fully saturated rings. The average molecular weight is 281 g/mol.